The van der Waals surface area contributed by atoms with Crippen molar-refractivity contribution in [1.29, 1.82) is 0 Å². The van der Waals surface area contributed by atoms with Gasteiger partial charge in [-0.3, -0.25) is 6.08 Å². The Labute approximate surface area is 127 Å². The van der Waals surface area contributed by atoms with Gasteiger partial charge in [0.1, 0.15) is 0 Å². The van der Waals surface area contributed by atoms with Gasteiger partial charge < -0.3 is 0 Å². The molecule has 0 nitrogen and oxygen atoms in total. The van der Waals surface area contributed by atoms with E-state index in [0.29, 0.717) is 0 Å². The molecule has 0 atom stereocenters. The van der Waals surface area contributed by atoms with Gasteiger partial charge in [-0.1, -0.05) is 30.4 Å². The topological polar surface area (TPSA) is 0 Å². The van der Waals surface area contributed by atoms with Crippen LogP contribution in [0.1, 0.15) is 12.0 Å². The van der Waals surface area contributed by atoms with Gasteiger partial charge in [-0.05, 0) is 45.9 Å². The largest absolute Gasteiger partial charge is 0.273 e. The van der Waals surface area contributed by atoms with Gasteiger partial charge in [0.05, 0.1) is 0 Å². The van der Waals surface area contributed by atoms with Crippen molar-refractivity contribution < 1.29 is 16.8 Å². The second-order valence-electron chi connectivity index (χ2n) is 3.49. The van der Waals surface area contributed by atoms with Gasteiger partial charge >= 0.3 is 0 Å². The predicted octanol–water partition coefficient (Wildman–Crippen LogP) is 4.55. The Morgan fingerprint density at radius 2 is 1.76 bits per heavy atom. The molecule has 0 aliphatic heterocycles. The molecule has 0 saturated carbocycles. The fraction of sp³-hybridized carbons (Fsp3) is 0.0667. The molecule has 0 amide bonds. The normalized spacial score (nSPS) is 14.3. The Balaban J connectivity index is 0.000000205. The van der Waals surface area contributed by atoms with Gasteiger partial charge in [-0.2, -0.15) is 6.08 Å². The molecule has 0 fully saturated rings. The molecule has 89 valence electrons. The first-order valence-corrected chi connectivity index (χ1v) is 6.30. The summed E-state index contributed by atoms with van der Waals surface area (Å²) in [5.41, 5.74) is 2.65. The average Bonchev–Trinajstić information content (AvgIpc) is 2.77. The van der Waals surface area contributed by atoms with Gasteiger partial charge in [-0.25, -0.2) is 12.2 Å². The molecule has 0 unspecified atom stereocenters. The minimum absolute atomic E-state index is 0. The molecular weight excluding hydrogens is 366 g/mol. The SMILES string of the molecule is Ic1ccc(C2=CC=C2)cc1.[C-]1=CC=CC1.[Co]. The van der Waals surface area contributed by atoms with Crippen LogP contribution in [0.4, 0.5) is 0 Å². The fourth-order valence-corrected chi connectivity index (χ4v) is 1.73. The van der Waals surface area contributed by atoms with Crippen molar-refractivity contribution in [2.24, 2.45) is 0 Å². The van der Waals surface area contributed by atoms with Crippen LogP contribution in [-0.2, 0) is 16.8 Å². The minimum atomic E-state index is 0. The van der Waals surface area contributed by atoms with E-state index in [2.05, 4.69) is 77.2 Å². The minimum Gasteiger partial charge on any atom is -0.273 e. The number of benzene rings is 1. The molecular formula is C15H12CoI-. The van der Waals surface area contributed by atoms with Gasteiger partial charge in [0, 0.05) is 20.3 Å². The third kappa shape index (κ3) is 4.65. The van der Waals surface area contributed by atoms with Crippen molar-refractivity contribution >= 4 is 28.2 Å². The van der Waals surface area contributed by atoms with E-state index in [1.54, 1.807) is 0 Å². The van der Waals surface area contributed by atoms with Crippen LogP contribution < -0.4 is 0 Å². The van der Waals surface area contributed by atoms with Crippen LogP contribution in [0.15, 0.2) is 60.7 Å². The van der Waals surface area contributed by atoms with E-state index < -0.39 is 0 Å². The Morgan fingerprint density at radius 3 is 2.12 bits per heavy atom. The van der Waals surface area contributed by atoms with E-state index in [-0.39, 0.29) is 16.8 Å². The van der Waals surface area contributed by atoms with Crippen LogP contribution in [0.5, 0.6) is 0 Å². The van der Waals surface area contributed by atoms with E-state index in [4.69, 9.17) is 0 Å². The van der Waals surface area contributed by atoms with Crippen molar-refractivity contribution in [3.63, 3.8) is 0 Å². The van der Waals surface area contributed by atoms with E-state index in [0.717, 1.165) is 6.42 Å². The number of halogens is 1. The molecule has 1 aromatic rings. The summed E-state index contributed by atoms with van der Waals surface area (Å²) in [4.78, 5) is 0. The number of allylic oxidation sites excluding steroid dienone is 8. The average molecular weight is 378 g/mol. The molecule has 2 heteroatoms. The summed E-state index contributed by atoms with van der Waals surface area (Å²) in [6.07, 6.45) is 16.3. The van der Waals surface area contributed by atoms with Crippen molar-refractivity contribution in [3.8, 4) is 0 Å². The molecule has 1 aromatic carbocycles. The molecule has 1 radical (unpaired) electrons. The van der Waals surface area contributed by atoms with Crippen LogP contribution in [0.3, 0.4) is 0 Å². The summed E-state index contributed by atoms with van der Waals surface area (Å²) in [6.45, 7) is 0. The van der Waals surface area contributed by atoms with Crippen LogP contribution >= 0.6 is 22.6 Å². The summed E-state index contributed by atoms with van der Waals surface area (Å²) >= 11 is 2.31. The zero-order valence-electron chi connectivity index (χ0n) is 9.19. The Bertz CT molecular complexity index is 454. The molecule has 17 heavy (non-hydrogen) atoms. The zero-order valence-corrected chi connectivity index (χ0v) is 12.4. The van der Waals surface area contributed by atoms with Crippen molar-refractivity contribution in [3.05, 3.63) is 75.9 Å². The first-order valence-electron chi connectivity index (χ1n) is 5.22. The monoisotopic (exact) mass is 378 g/mol. The van der Waals surface area contributed by atoms with Gasteiger partial charge in [-0.15, -0.1) is 6.42 Å². The van der Waals surface area contributed by atoms with E-state index >= 15 is 0 Å². The van der Waals surface area contributed by atoms with Crippen LogP contribution in [0.2, 0.25) is 0 Å². The molecule has 0 saturated heterocycles. The summed E-state index contributed by atoms with van der Waals surface area (Å²) in [6, 6.07) is 8.56. The quantitative estimate of drug-likeness (QED) is 0.497. The molecule has 2 aliphatic carbocycles. The molecule has 0 spiro atoms. The summed E-state index contributed by atoms with van der Waals surface area (Å²) in [5.74, 6) is 0. The molecule has 2 aliphatic rings. The number of rotatable bonds is 1. The smallest absolute Gasteiger partial charge is 0.0130 e. The Kier molecular flexibility index (Phi) is 6.55. The molecule has 3 rings (SSSR count). The second kappa shape index (κ2) is 7.69. The maximum atomic E-state index is 2.99. The van der Waals surface area contributed by atoms with Crippen LogP contribution in [-0.4, -0.2) is 0 Å². The fourth-order valence-electron chi connectivity index (χ4n) is 1.37. The van der Waals surface area contributed by atoms with E-state index in [9.17, 15) is 0 Å². The standard InChI is InChI=1S/C10H7I.C5H5.Co/c11-10-6-4-9(5-7-10)8-2-1-3-8;1-2-4-5-3-1;/h1-7H;1-3H,4H2;/q;-1;. The van der Waals surface area contributed by atoms with Crippen LogP contribution in [0, 0.1) is 9.65 Å². The Hall–Kier alpha value is -0.584. The van der Waals surface area contributed by atoms with Gasteiger partial charge in [0.25, 0.3) is 0 Å². The van der Waals surface area contributed by atoms with E-state index in [1.807, 2.05) is 12.2 Å². The predicted molar refractivity (Wildman–Crippen MR) is 77.8 cm³/mol. The van der Waals surface area contributed by atoms with Crippen molar-refractivity contribution in [2.45, 2.75) is 6.42 Å². The zero-order chi connectivity index (χ0) is 11.2. The number of hydrogen-bond acceptors (Lipinski definition) is 0. The molecule has 0 aromatic heterocycles. The number of hydrogen-bond donors (Lipinski definition) is 0. The first-order chi connectivity index (χ1) is 7.86. The van der Waals surface area contributed by atoms with Gasteiger partial charge in [0.2, 0.25) is 0 Å². The molecule has 0 N–H and O–H groups in total. The summed E-state index contributed by atoms with van der Waals surface area (Å²) in [7, 11) is 0. The van der Waals surface area contributed by atoms with Crippen LogP contribution in [0.25, 0.3) is 5.57 Å². The molecule has 0 heterocycles. The van der Waals surface area contributed by atoms with Crippen molar-refractivity contribution in [2.75, 3.05) is 0 Å². The maximum Gasteiger partial charge on any atom is 0.0130 e. The summed E-state index contributed by atoms with van der Waals surface area (Å²) in [5, 5.41) is 0. The third-order valence-electron chi connectivity index (χ3n) is 2.31. The van der Waals surface area contributed by atoms with Gasteiger partial charge in [0.15, 0.2) is 0 Å². The third-order valence-corrected chi connectivity index (χ3v) is 3.03. The Morgan fingerprint density at radius 1 is 1.06 bits per heavy atom. The molecule has 0 bridgehead atoms. The second-order valence-corrected chi connectivity index (χ2v) is 4.74. The summed E-state index contributed by atoms with van der Waals surface area (Å²) < 4.78 is 1.29. The maximum absolute atomic E-state index is 2.99. The first kappa shape index (κ1) is 14.5. The van der Waals surface area contributed by atoms with E-state index in [1.165, 1.54) is 14.7 Å². The van der Waals surface area contributed by atoms with Crippen molar-refractivity contribution in [1.82, 2.24) is 0 Å².